The Balaban J connectivity index is 1.71. The Morgan fingerprint density at radius 2 is 1.81 bits per heavy atom. The van der Waals surface area contributed by atoms with Gasteiger partial charge < -0.3 is 11.1 Å². The number of carbonyl (C=O) groups is 1. The van der Waals surface area contributed by atoms with Crippen LogP contribution >= 0.6 is 18.5 Å². The summed E-state index contributed by atoms with van der Waals surface area (Å²) in [7, 11) is 0.439. The van der Waals surface area contributed by atoms with E-state index in [0.29, 0.717) is 16.8 Å². The number of halogens is 2. The monoisotopic (exact) mass is 560 g/mol. The highest BCUT2D eigenvalue weighted by atomic mass is 32.2. The van der Waals surface area contributed by atoms with Crippen molar-refractivity contribution in [3.63, 3.8) is 0 Å². The third kappa shape index (κ3) is 5.94. The van der Waals surface area contributed by atoms with Gasteiger partial charge in [0.05, 0.1) is 16.3 Å². The Morgan fingerprint density at radius 1 is 1.08 bits per heavy atom. The fraction of sp³-hybridized carbons (Fsp3) is 0.120. The number of rotatable bonds is 7. The lowest BCUT2D eigenvalue weighted by Crippen LogP contribution is -2.18. The Kier molecular flexibility index (Phi) is 7.58. The van der Waals surface area contributed by atoms with E-state index >= 15 is 4.39 Å². The summed E-state index contributed by atoms with van der Waals surface area (Å²) in [6.07, 6.45) is 1.08. The number of sulfone groups is 1. The predicted molar refractivity (Wildman–Crippen MR) is 147 cm³/mol. The first-order valence-corrected chi connectivity index (χ1v) is 14.0. The molecule has 3 aromatic carbocycles. The highest BCUT2D eigenvalue weighted by molar-refractivity contribution is 7.90. The van der Waals surface area contributed by atoms with Gasteiger partial charge in [-0.15, -0.1) is 0 Å². The van der Waals surface area contributed by atoms with Crippen molar-refractivity contribution in [2.75, 3.05) is 11.6 Å². The number of nitrogens with zero attached hydrogens (tertiary/aromatic N) is 2. The molecule has 0 fully saturated rings. The van der Waals surface area contributed by atoms with Crippen molar-refractivity contribution < 1.29 is 22.0 Å². The van der Waals surface area contributed by atoms with Crippen molar-refractivity contribution in [2.45, 2.75) is 16.6 Å². The SMILES string of the molecule is CS(=O)(=O)c1ccccc1-c1ccc(NC(=O)c2cc(C(F)(P)P)nn2-c2cccc(CN)c2)c(F)c1. The number of benzene rings is 3. The number of aromatic nitrogens is 2. The van der Waals surface area contributed by atoms with E-state index in [1.807, 2.05) is 18.5 Å². The fourth-order valence-electron chi connectivity index (χ4n) is 3.74. The van der Waals surface area contributed by atoms with Crippen molar-refractivity contribution in [1.82, 2.24) is 9.78 Å². The number of hydrogen-bond donors (Lipinski definition) is 2. The highest BCUT2D eigenvalue weighted by Gasteiger charge is 2.28. The van der Waals surface area contributed by atoms with Crippen LogP contribution in [0.2, 0.25) is 0 Å². The van der Waals surface area contributed by atoms with E-state index in [0.717, 1.165) is 17.9 Å². The lowest BCUT2D eigenvalue weighted by molar-refractivity contribution is 0.101. The molecule has 12 heteroatoms. The number of hydrogen-bond acceptors (Lipinski definition) is 5. The van der Waals surface area contributed by atoms with Gasteiger partial charge in [0, 0.05) is 18.4 Å². The van der Waals surface area contributed by atoms with Crippen LogP contribution in [-0.2, 0) is 21.5 Å². The van der Waals surface area contributed by atoms with E-state index in [4.69, 9.17) is 5.73 Å². The van der Waals surface area contributed by atoms with Crippen molar-refractivity contribution >= 4 is 39.9 Å². The average Bonchev–Trinajstić information content (AvgIpc) is 3.31. The molecule has 3 N–H and O–H groups in total. The van der Waals surface area contributed by atoms with E-state index in [-0.39, 0.29) is 28.5 Å². The van der Waals surface area contributed by atoms with Crippen molar-refractivity contribution in [3.8, 4) is 16.8 Å². The van der Waals surface area contributed by atoms with Gasteiger partial charge in [-0.25, -0.2) is 21.9 Å². The predicted octanol–water partition coefficient (Wildman–Crippen LogP) is 4.62. The fourth-order valence-corrected chi connectivity index (χ4v) is 4.93. The summed E-state index contributed by atoms with van der Waals surface area (Å²) in [5, 5.41) is 4.75. The molecule has 1 heterocycles. The quantitative estimate of drug-likeness (QED) is 0.321. The molecule has 192 valence electrons. The Bertz CT molecular complexity index is 1600. The zero-order valence-corrected chi connectivity index (χ0v) is 22.8. The molecule has 37 heavy (non-hydrogen) atoms. The highest BCUT2D eigenvalue weighted by Crippen LogP contribution is 2.40. The smallest absolute Gasteiger partial charge is 0.274 e. The van der Waals surface area contributed by atoms with E-state index in [1.54, 1.807) is 42.5 Å². The lowest BCUT2D eigenvalue weighted by atomic mass is 10.0. The van der Waals surface area contributed by atoms with Gasteiger partial charge in [0.25, 0.3) is 5.91 Å². The first kappa shape index (κ1) is 27.0. The topological polar surface area (TPSA) is 107 Å². The average molecular weight is 561 g/mol. The van der Waals surface area contributed by atoms with Crippen LogP contribution in [0.15, 0.2) is 77.7 Å². The van der Waals surface area contributed by atoms with Crippen LogP contribution in [-0.4, -0.2) is 30.4 Å². The van der Waals surface area contributed by atoms with E-state index in [9.17, 15) is 17.6 Å². The van der Waals surface area contributed by atoms with Gasteiger partial charge in [0.2, 0.25) is 0 Å². The second-order valence-electron chi connectivity index (χ2n) is 8.39. The summed E-state index contributed by atoms with van der Waals surface area (Å²) in [6, 6.07) is 18.5. The molecule has 0 radical (unpaired) electrons. The minimum atomic E-state index is -3.55. The maximum atomic E-state index is 15.1. The third-order valence-electron chi connectivity index (χ3n) is 5.54. The standard InChI is InChI=1S/C25H24F2N4O3P2S/c1-37(33,34)22-8-3-2-7-18(22)16-9-10-20(19(26)12-16)29-24(32)21-13-23(25(27,35)36)30-31(21)17-6-4-5-15(11-17)14-28/h2-13H,14,28,35-36H2,1H3,(H,29,32). The van der Waals surface area contributed by atoms with E-state index < -0.39 is 26.7 Å². The zero-order valence-electron chi connectivity index (χ0n) is 19.7. The van der Waals surface area contributed by atoms with Crippen LogP contribution in [0.4, 0.5) is 14.5 Å². The van der Waals surface area contributed by atoms with Crippen molar-refractivity contribution in [1.29, 1.82) is 0 Å². The Morgan fingerprint density at radius 3 is 2.46 bits per heavy atom. The number of nitrogens with two attached hydrogens (primary N) is 1. The van der Waals surface area contributed by atoms with Crippen LogP contribution in [0, 0.1) is 5.82 Å². The molecular weight excluding hydrogens is 536 g/mol. The van der Waals surface area contributed by atoms with Gasteiger partial charge >= 0.3 is 0 Å². The van der Waals surface area contributed by atoms with Gasteiger partial charge in [-0.1, -0.05) is 54.9 Å². The Labute approximate surface area is 217 Å². The number of amides is 1. The molecule has 4 rings (SSSR count). The molecule has 2 atom stereocenters. The molecule has 7 nitrogen and oxygen atoms in total. The van der Waals surface area contributed by atoms with Crippen molar-refractivity contribution in [2.24, 2.45) is 5.73 Å². The molecule has 1 amide bonds. The summed E-state index contributed by atoms with van der Waals surface area (Å²) >= 11 is 0. The molecule has 1 aromatic heterocycles. The molecule has 0 aliphatic carbocycles. The van der Waals surface area contributed by atoms with Crippen LogP contribution < -0.4 is 11.1 Å². The second-order valence-corrected chi connectivity index (χ2v) is 12.7. The van der Waals surface area contributed by atoms with Gasteiger partial charge in [-0.3, -0.25) is 4.79 Å². The van der Waals surface area contributed by atoms with Gasteiger partial charge in [-0.05, 0) is 47.5 Å². The summed E-state index contributed by atoms with van der Waals surface area (Å²) in [5.41, 5.74) is 7.44. The largest absolute Gasteiger partial charge is 0.326 e. The number of carbonyl (C=O) groups excluding carboxylic acids is 1. The molecular formula is C25H24F2N4O3P2S. The first-order valence-electron chi connectivity index (χ1n) is 11.0. The summed E-state index contributed by atoms with van der Waals surface area (Å²) in [4.78, 5) is 13.3. The Hall–Kier alpha value is -3.03. The van der Waals surface area contributed by atoms with E-state index in [1.165, 1.54) is 28.9 Å². The first-order chi connectivity index (χ1) is 17.4. The summed E-state index contributed by atoms with van der Waals surface area (Å²) in [5.74, 6) is -1.50. The van der Waals surface area contributed by atoms with Crippen molar-refractivity contribution in [3.05, 3.63) is 95.6 Å². The second kappa shape index (κ2) is 10.4. The van der Waals surface area contributed by atoms with E-state index in [2.05, 4.69) is 10.4 Å². The molecule has 2 unspecified atom stereocenters. The van der Waals surface area contributed by atoms with Gasteiger partial charge in [0.15, 0.2) is 15.0 Å². The number of anilines is 1. The number of nitrogens with one attached hydrogen (secondary N) is 1. The summed E-state index contributed by atoms with van der Waals surface area (Å²) in [6.45, 7) is 0.254. The third-order valence-corrected chi connectivity index (χ3v) is 7.29. The molecule has 0 aliphatic rings. The minimum Gasteiger partial charge on any atom is -0.326 e. The zero-order chi connectivity index (χ0) is 27.0. The van der Waals surface area contributed by atoms with Gasteiger partial charge in [0.1, 0.15) is 17.2 Å². The normalized spacial score (nSPS) is 11.9. The molecule has 0 saturated heterocycles. The minimum absolute atomic E-state index is 0.0259. The van der Waals surface area contributed by atoms with Crippen LogP contribution in [0.3, 0.4) is 0 Å². The van der Waals surface area contributed by atoms with Crippen LogP contribution in [0.5, 0.6) is 0 Å². The number of alkyl halides is 1. The van der Waals surface area contributed by atoms with Crippen LogP contribution in [0.25, 0.3) is 16.8 Å². The molecule has 0 aliphatic heterocycles. The maximum Gasteiger partial charge on any atom is 0.274 e. The molecule has 0 saturated carbocycles. The maximum absolute atomic E-state index is 15.1. The molecule has 4 aromatic rings. The van der Waals surface area contributed by atoms with Gasteiger partial charge in [-0.2, -0.15) is 5.10 Å². The summed E-state index contributed by atoms with van der Waals surface area (Å²) < 4.78 is 55.3. The molecule has 0 spiro atoms. The van der Waals surface area contributed by atoms with Crippen LogP contribution in [0.1, 0.15) is 21.7 Å². The molecule has 0 bridgehead atoms. The lowest BCUT2D eigenvalue weighted by Gasteiger charge is -2.12.